The van der Waals surface area contributed by atoms with Crippen LogP contribution in [0.15, 0.2) is 29.3 Å². The molecule has 27 heavy (non-hydrogen) atoms. The van der Waals surface area contributed by atoms with E-state index in [4.69, 9.17) is 4.74 Å². The monoisotopic (exact) mass is 374 g/mol. The van der Waals surface area contributed by atoms with Crippen molar-refractivity contribution >= 4 is 11.9 Å². The Morgan fingerprint density at radius 1 is 1.19 bits per heavy atom. The Morgan fingerprint density at radius 3 is 2.63 bits per heavy atom. The first kappa shape index (κ1) is 21.1. The molecule has 0 atom stereocenters. The van der Waals surface area contributed by atoms with Crippen molar-refractivity contribution in [1.82, 2.24) is 16.0 Å². The van der Waals surface area contributed by atoms with Crippen LogP contribution in [0.2, 0.25) is 0 Å². The maximum Gasteiger partial charge on any atom is 0.223 e. The molecule has 0 unspecified atom stereocenters. The Hall–Kier alpha value is -2.24. The Bertz CT molecular complexity index is 612. The van der Waals surface area contributed by atoms with Crippen LogP contribution in [-0.4, -0.2) is 38.1 Å². The second-order valence-electron chi connectivity index (χ2n) is 7.33. The molecular formula is C21H34N4O2. The number of amides is 1. The van der Waals surface area contributed by atoms with Crippen LogP contribution in [0.4, 0.5) is 0 Å². The van der Waals surface area contributed by atoms with E-state index < -0.39 is 0 Å². The van der Waals surface area contributed by atoms with Gasteiger partial charge < -0.3 is 20.7 Å². The number of guanidine groups is 1. The topological polar surface area (TPSA) is 74.8 Å². The summed E-state index contributed by atoms with van der Waals surface area (Å²) in [6.45, 7) is 9.73. The number of carbonyl (C=O) groups excluding carboxylic acids is 1. The first-order valence-corrected chi connectivity index (χ1v) is 10.1. The number of nitrogens with zero attached hydrogens (tertiary/aromatic N) is 1. The molecule has 0 radical (unpaired) electrons. The number of ether oxygens (including phenoxy) is 1. The van der Waals surface area contributed by atoms with E-state index in [0.29, 0.717) is 25.6 Å². The van der Waals surface area contributed by atoms with Crippen LogP contribution in [0.3, 0.4) is 0 Å². The Labute approximate surface area is 163 Å². The van der Waals surface area contributed by atoms with Crippen LogP contribution < -0.4 is 20.7 Å². The number of hydrogen-bond acceptors (Lipinski definition) is 3. The van der Waals surface area contributed by atoms with E-state index in [-0.39, 0.29) is 11.8 Å². The van der Waals surface area contributed by atoms with Crippen LogP contribution in [0.5, 0.6) is 5.75 Å². The molecule has 0 aliphatic heterocycles. The second kappa shape index (κ2) is 11.5. The van der Waals surface area contributed by atoms with Crippen LogP contribution in [0, 0.1) is 11.8 Å². The molecule has 1 fully saturated rings. The summed E-state index contributed by atoms with van der Waals surface area (Å²) >= 11 is 0. The van der Waals surface area contributed by atoms with Gasteiger partial charge in [0.2, 0.25) is 5.91 Å². The lowest BCUT2D eigenvalue weighted by Crippen LogP contribution is -2.41. The highest BCUT2D eigenvalue weighted by Crippen LogP contribution is 2.28. The molecule has 0 spiro atoms. The standard InChI is InChI=1S/C21H34N4O2/c1-4-22-21(24-13-12-23-20(26)17-9-10-17)25-15-18-7-5-6-8-19(18)27-14-11-16(2)3/h5-8,16-17H,4,9-15H2,1-3H3,(H,23,26)(H2,22,24,25). The molecular weight excluding hydrogens is 340 g/mol. The zero-order chi connectivity index (χ0) is 19.5. The SMILES string of the molecule is CCNC(=NCc1ccccc1OCCC(C)C)NCCNC(=O)C1CC1. The maximum absolute atomic E-state index is 11.7. The third kappa shape index (κ3) is 8.33. The minimum absolute atomic E-state index is 0.172. The van der Waals surface area contributed by atoms with Crippen molar-refractivity contribution in [2.45, 2.75) is 46.6 Å². The largest absolute Gasteiger partial charge is 0.493 e. The molecule has 1 aromatic rings. The fourth-order valence-electron chi connectivity index (χ4n) is 2.54. The van der Waals surface area contributed by atoms with Crippen molar-refractivity contribution in [1.29, 1.82) is 0 Å². The summed E-state index contributed by atoms with van der Waals surface area (Å²) in [5.41, 5.74) is 1.07. The molecule has 0 bridgehead atoms. The average Bonchev–Trinajstić information content (AvgIpc) is 3.49. The van der Waals surface area contributed by atoms with E-state index in [0.717, 1.165) is 49.7 Å². The lowest BCUT2D eigenvalue weighted by molar-refractivity contribution is -0.122. The second-order valence-corrected chi connectivity index (χ2v) is 7.33. The molecule has 1 aliphatic rings. The zero-order valence-electron chi connectivity index (χ0n) is 16.9. The number of para-hydroxylation sites is 1. The van der Waals surface area contributed by atoms with Gasteiger partial charge in [-0.25, -0.2) is 4.99 Å². The van der Waals surface area contributed by atoms with E-state index in [1.807, 2.05) is 31.2 Å². The molecule has 1 aromatic carbocycles. The van der Waals surface area contributed by atoms with Gasteiger partial charge in [-0.05, 0) is 38.2 Å². The van der Waals surface area contributed by atoms with Crippen molar-refractivity contribution in [3.8, 4) is 5.75 Å². The molecule has 3 N–H and O–H groups in total. The highest BCUT2D eigenvalue weighted by molar-refractivity contribution is 5.81. The molecule has 0 aromatic heterocycles. The first-order valence-electron chi connectivity index (χ1n) is 10.1. The fraction of sp³-hybridized carbons (Fsp3) is 0.619. The third-order valence-corrected chi connectivity index (χ3v) is 4.34. The minimum Gasteiger partial charge on any atom is -0.493 e. The smallest absolute Gasteiger partial charge is 0.223 e. The number of hydrogen-bond donors (Lipinski definition) is 3. The summed E-state index contributed by atoms with van der Waals surface area (Å²) in [6, 6.07) is 8.05. The van der Waals surface area contributed by atoms with Gasteiger partial charge >= 0.3 is 0 Å². The summed E-state index contributed by atoms with van der Waals surface area (Å²) in [7, 11) is 0. The lowest BCUT2D eigenvalue weighted by Gasteiger charge is -2.14. The van der Waals surface area contributed by atoms with E-state index >= 15 is 0 Å². The number of rotatable bonds is 11. The molecule has 0 heterocycles. The van der Waals surface area contributed by atoms with E-state index in [1.165, 1.54) is 0 Å². The predicted octanol–water partition coefficient (Wildman–Crippen LogP) is 2.69. The van der Waals surface area contributed by atoms with E-state index in [9.17, 15) is 4.79 Å². The van der Waals surface area contributed by atoms with Gasteiger partial charge in [0.1, 0.15) is 5.75 Å². The van der Waals surface area contributed by atoms with Gasteiger partial charge in [0.15, 0.2) is 5.96 Å². The van der Waals surface area contributed by atoms with Gasteiger partial charge in [0.25, 0.3) is 0 Å². The quantitative estimate of drug-likeness (QED) is 0.316. The van der Waals surface area contributed by atoms with E-state index in [2.05, 4.69) is 34.8 Å². The van der Waals surface area contributed by atoms with Crippen molar-refractivity contribution in [3.63, 3.8) is 0 Å². The van der Waals surface area contributed by atoms with Gasteiger partial charge in [-0.3, -0.25) is 4.79 Å². The number of carbonyl (C=O) groups is 1. The zero-order valence-corrected chi connectivity index (χ0v) is 16.9. The molecule has 150 valence electrons. The van der Waals surface area contributed by atoms with Crippen LogP contribution in [0.25, 0.3) is 0 Å². The van der Waals surface area contributed by atoms with Crippen LogP contribution in [0.1, 0.15) is 45.6 Å². The average molecular weight is 375 g/mol. The van der Waals surface area contributed by atoms with Crippen molar-refractivity contribution in [3.05, 3.63) is 29.8 Å². The third-order valence-electron chi connectivity index (χ3n) is 4.34. The van der Waals surface area contributed by atoms with Crippen molar-refractivity contribution in [2.75, 3.05) is 26.2 Å². The Kier molecular flexibility index (Phi) is 8.95. The Morgan fingerprint density at radius 2 is 1.93 bits per heavy atom. The predicted molar refractivity (Wildman–Crippen MR) is 110 cm³/mol. The van der Waals surface area contributed by atoms with Crippen LogP contribution >= 0.6 is 0 Å². The molecule has 0 saturated heterocycles. The van der Waals surface area contributed by atoms with E-state index in [1.54, 1.807) is 0 Å². The molecule has 1 saturated carbocycles. The van der Waals surface area contributed by atoms with Gasteiger partial charge in [0, 0.05) is 31.1 Å². The minimum atomic E-state index is 0.172. The van der Waals surface area contributed by atoms with Crippen molar-refractivity contribution < 1.29 is 9.53 Å². The highest BCUT2D eigenvalue weighted by Gasteiger charge is 2.28. The molecule has 6 heteroatoms. The summed E-state index contributed by atoms with van der Waals surface area (Å²) in [6.07, 6.45) is 3.10. The van der Waals surface area contributed by atoms with Crippen LogP contribution in [-0.2, 0) is 11.3 Å². The van der Waals surface area contributed by atoms with Crippen molar-refractivity contribution in [2.24, 2.45) is 16.8 Å². The summed E-state index contributed by atoms with van der Waals surface area (Å²) < 4.78 is 5.94. The number of aliphatic imine (C=N–C) groups is 1. The number of benzene rings is 1. The first-order chi connectivity index (χ1) is 13.1. The molecule has 6 nitrogen and oxygen atoms in total. The molecule has 2 rings (SSSR count). The lowest BCUT2D eigenvalue weighted by atomic mass is 10.1. The normalized spacial score (nSPS) is 14.1. The van der Waals surface area contributed by atoms with Gasteiger partial charge in [-0.15, -0.1) is 0 Å². The summed E-state index contributed by atoms with van der Waals surface area (Å²) in [5, 5.41) is 9.46. The molecule has 1 amide bonds. The Balaban J connectivity index is 1.82. The fourth-order valence-corrected chi connectivity index (χ4v) is 2.54. The maximum atomic E-state index is 11.7. The highest BCUT2D eigenvalue weighted by atomic mass is 16.5. The van der Waals surface area contributed by atoms with Gasteiger partial charge in [0.05, 0.1) is 13.2 Å². The summed E-state index contributed by atoms with van der Waals surface area (Å²) in [5.74, 6) is 2.69. The van der Waals surface area contributed by atoms with Gasteiger partial charge in [-0.2, -0.15) is 0 Å². The van der Waals surface area contributed by atoms with Gasteiger partial charge in [-0.1, -0.05) is 32.0 Å². The summed E-state index contributed by atoms with van der Waals surface area (Å²) in [4.78, 5) is 16.3. The molecule has 1 aliphatic carbocycles. The number of nitrogens with one attached hydrogen (secondary N) is 3.